The Bertz CT molecular complexity index is 421. The van der Waals surface area contributed by atoms with Gasteiger partial charge in [-0.2, -0.15) is 0 Å². The van der Waals surface area contributed by atoms with E-state index in [1.54, 1.807) is 7.11 Å². The summed E-state index contributed by atoms with van der Waals surface area (Å²) in [6.07, 6.45) is 2.43. The Labute approximate surface area is 127 Å². The minimum Gasteiger partial charge on any atom is -0.384 e. The lowest BCUT2D eigenvalue weighted by molar-refractivity contribution is -0.130. The van der Waals surface area contributed by atoms with Crippen molar-refractivity contribution < 1.29 is 14.3 Å². The number of methoxy groups -OCH3 is 1. The second-order valence-corrected chi connectivity index (χ2v) is 5.59. The lowest BCUT2D eigenvalue weighted by atomic mass is 10.1. The van der Waals surface area contributed by atoms with E-state index in [0.717, 1.165) is 32.5 Å². The van der Waals surface area contributed by atoms with Crippen LogP contribution in [-0.4, -0.2) is 44.2 Å². The second-order valence-electron chi connectivity index (χ2n) is 5.59. The van der Waals surface area contributed by atoms with E-state index in [0.29, 0.717) is 25.6 Å². The molecule has 1 aromatic carbocycles. The summed E-state index contributed by atoms with van der Waals surface area (Å²) in [6, 6.07) is 10.1. The van der Waals surface area contributed by atoms with Crippen molar-refractivity contribution in [2.45, 2.75) is 25.9 Å². The van der Waals surface area contributed by atoms with Gasteiger partial charge in [0.15, 0.2) is 0 Å². The van der Waals surface area contributed by atoms with E-state index in [1.165, 1.54) is 5.56 Å². The molecule has 21 heavy (non-hydrogen) atoms. The number of carbonyl (C=O) groups is 1. The molecule has 1 aliphatic heterocycles. The SMILES string of the molecule is COC[C@@H]1CCN(C(=O)CCCOCc2ccccc2)C1. The van der Waals surface area contributed by atoms with Gasteiger partial charge in [0.25, 0.3) is 0 Å². The van der Waals surface area contributed by atoms with Gasteiger partial charge in [0, 0.05) is 39.1 Å². The molecule has 4 heteroatoms. The van der Waals surface area contributed by atoms with Gasteiger partial charge in [-0.3, -0.25) is 4.79 Å². The van der Waals surface area contributed by atoms with E-state index in [-0.39, 0.29) is 5.91 Å². The van der Waals surface area contributed by atoms with Crippen molar-refractivity contribution in [2.24, 2.45) is 5.92 Å². The zero-order chi connectivity index (χ0) is 14.9. The van der Waals surface area contributed by atoms with Crippen molar-refractivity contribution >= 4 is 5.91 Å². The van der Waals surface area contributed by atoms with Crippen molar-refractivity contribution in [3.63, 3.8) is 0 Å². The maximum Gasteiger partial charge on any atom is 0.222 e. The summed E-state index contributed by atoms with van der Waals surface area (Å²) < 4.78 is 10.8. The molecule has 0 aromatic heterocycles. The molecule has 1 heterocycles. The summed E-state index contributed by atoms with van der Waals surface area (Å²) in [5.74, 6) is 0.755. The zero-order valence-electron chi connectivity index (χ0n) is 12.8. The van der Waals surface area contributed by atoms with E-state index < -0.39 is 0 Å². The van der Waals surface area contributed by atoms with E-state index in [9.17, 15) is 4.79 Å². The summed E-state index contributed by atoms with van der Waals surface area (Å²) in [4.78, 5) is 14.0. The van der Waals surface area contributed by atoms with Gasteiger partial charge in [0.1, 0.15) is 0 Å². The number of benzene rings is 1. The molecule has 116 valence electrons. The number of hydrogen-bond acceptors (Lipinski definition) is 3. The largest absolute Gasteiger partial charge is 0.384 e. The molecular formula is C17H25NO3. The normalized spacial score (nSPS) is 18.1. The first kappa shape index (κ1) is 16.0. The van der Waals surface area contributed by atoms with Crippen LogP contribution in [0.4, 0.5) is 0 Å². The second kappa shape index (κ2) is 8.80. The van der Waals surface area contributed by atoms with Crippen LogP contribution in [0.15, 0.2) is 30.3 Å². The molecule has 0 spiro atoms. The van der Waals surface area contributed by atoms with Gasteiger partial charge in [-0.05, 0) is 18.4 Å². The Balaban J connectivity index is 1.55. The van der Waals surface area contributed by atoms with Crippen LogP contribution in [0.2, 0.25) is 0 Å². The maximum absolute atomic E-state index is 12.1. The van der Waals surface area contributed by atoms with Crippen LogP contribution in [0, 0.1) is 5.92 Å². The van der Waals surface area contributed by atoms with Gasteiger partial charge < -0.3 is 14.4 Å². The third-order valence-electron chi connectivity index (χ3n) is 3.83. The standard InChI is InChI=1S/C17H25NO3/c1-20-13-16-9-10-18(12-16)17(19)8-5-11-21-14-15-6-3-2-4-7-15/h2-4,6-7,16H,5,8-14H2,1H3/t16-/m1/s1. The quantitative estimate of drug-likeness (QED) is 0.691. The van der Waals surface area contributed by atoms with Gasteiger partial charge in [0.2, 0.25) is 5.91 Å². The molecule has 1 fully saturated rings. The highest BCUT2D eigenvalue weighted by Crippen LogP contribution is 2.17. The van der Waals surface area contributed by atoms with Crippen molar-refractivity contribution in [1.29, 1.82) is 0 Å². The van der Waals surface area contributed by atoms with Gasteiger partial charge >= 0.3 is 0 Å². The van der Waals surface area contributed by atoms with Crippen LogP contribution in [0.1, 0.15) is 24.8 Å². The van der Waals surface area contributed by atoms with Crippen LogP contribution in [0.5, 0.6) is 0 Å². The summed E-state index contributed by atoms with van der Waals surface area (Å²) in [7, 11) is 1.72. The molecule has 1 atom stereocenters. The Kier molecular flexibility index (Phi) is 6.70. The molecule has 0 saturated carbocycles. The zero-order valence-corrected chi connectivity index (χ0v) is 12.8. The van der Waals surface area contributed by atoms with Crippen LogP contribution in [0.3, 0.4) is 0 Å². The summed E-state index contributed by atoms with van der Waals surface area (Å²) in [5, 5.41) is 0. The molecule has 0 bridgehead atoms. The van der Waals surface area contributed by atoms with Gasteiger partial charge in [0.05, 0.1) is 13.2 Å². The number of ether oxygens (including phenoxy) is 2. The van der Waals surface area contributed by atoms with Gasteiger partial charge in [-0.1, -0.05) is 30.3 Å². The molecule has 1 amide bonds. The molecular weight excluding hydrogens is 266 g/mol. The molecule has 2 rings (SSSR count). The minimum absolute atomic E-state index is 0.247. The number of likely N-dealkylation sites (tertiary alicyclic amines) is 1. The summed E-state index contributed by atoms with van der Waals surface area (Å²) in [5.41, 5.74) is 1.17. The molecule has 0 N–H and O–H groups in total. The fourth-order valence-corrected chi connectivity index (χ4v) is 2.68. The van der Waals surface area contributed by atoms with Crippen LogP contribution in [0.25, 0.3) is 0 Å². The van der Waals surface area contributed by atoms with Gasteiger partial charge in [-0.25, -0.2) is 0 Å². The fraction of sp³-hybridized carbons (Fsp3) is 0.588. The Morgan fingerprint density at radius 3 is 2.90 bits per heavy atom. The average Bonchev–Trinajstić information content (AvgIpc) is 2.97. The third kappa shape index (κ3) is 5.48. The Morgan fingerprint density at radius 1 is 1.33 bits per heavy atom. The van der Waals surface area contributed by atoms with E-state index >= 15 is 0 Å². The highest BCUT2D eigenvalue weighted by atomic mass is 16.5. The summed E-state index contributed by atoms with van der Waals surface area (Å²) >= 11 is 0. The first-order chi connectivity index (χ1) is 10.3. The number of amides is 1. The topological polar surface area (TPSA) is 38.8 Å². The van der Waals surface area contributed by atoms with Crippen LogP contribution in [-0.2, 0) is 20.9 Å². The van der Waals surface area contributed by atoms with Crippen LogP contribution < -0.4 is 0 Å². The lowest BCUT2D eigenvalue weighted by Gasteiger charge is -2.16. The Hall–Kier alpha value is -1.39. The minimum atomic E-state index is 0.247. The lowest BCUT2D eigenvalue weighted by Crippen LogP contribution is -2.29. The predicted molar refractivity (Wildman–Crippen MR) is 81.9 cm³/mol. The van der Waals surface area contributed by atoms with Crippen molar-refractivity contribution in [3.8, 4) is 0 Å². The van der Waals surface area contributed by atoms with Gasteiger partial charge in [-0.15, -0.1) is 0 Å². The van der Waals surface area contributed by atoms with Crippen molar-refractivity contribution in [3.05, 3.63) is 35.9 Å². The molecule has 4 nitrogen and oxygen atoms in total. The van der Waals surface area contributed by atoms with E-state index in [4.69, 9.17) is 9.47 Å². The van der Waals surface area contributed by atoms with Crippen molar-refractivity contribution in [2.75, 3.05) is 33.4 Å². The number of carbonyl (C=O) groups excluding carboxylic acids is 1. The molecule has 1 aromatic rings. The average molecular weight is 291 g/mol. The molecule has 0 unspecified atom stereocenters. The predicted octanol–water partition coefficient (Wildman–Crippen LogP) is 2.48. The smallest absolute Gasteiger partial charge is 0.222 e. The van der Waals surface area contributed by atoms with E-state index in [1.807, 2.05) is 35.2 Å². The highest BCUT2D eigenvalue weighted by Gasteiger charge is 2.25. The highest BCUT2D eigenvalue weighted by molar-refractivity contribution is 5.76. The summed E-state index contributed by atoms with van der Waals surface area (Å²) in [6.45, 7) is 3.73. The van der Waals surface area contributed by atoms with Crippen LogP contribution >= 0.6 is 0 Å². The Morgan fingerprint density at radius 2 is 2.14 bits per heavy atom. The molecule has 1 aliphatic rings. The molecule has 0 radical (unpaired) electrons. The number of nitrogens with zero attached hydrogens (tertiary/aromatic N) is 1. The van der Waals surface area contributed by atoms with Crippen molar-refractivity contribution in [1.82, 2.24) is 4.90 Å². The molecule has 1 saturated heterocycles. The first-order valence-electron chi connectivity index (χ1n) is 7.68. The number of rotatable bonds is 8. The number of hydrogen-bond donors (Lipinski definition) is 0. The fourth-order valence-electron chi connectivity index (χ4n) is 2.68. The van der Waals surface area contributed by atoms with E-state index in [2.05, 4.69) is 0 Å². The first-order valence-corrected chi connectivity index (χ1v) is 7.68. The maximum atomic E-state index is 12.1. The molecule has 0 aliphatic carbocycles. The monoisotopic (exact) mass is 291 g/mol. The third-order valence-corrected chi connectivity index (χ3v) is 3.83.